The fraction of sp³-hybridized carbons (Fsp3) is 0.650. The van der Waals surface area contributed by atoms with Gasteiger partial charge in [0.2, 0.25) is 15.9 Å². The Labute approximate surface area is 178 Å². The first-order valence-corrected chi connectivity index (χ1v) is 12.1. The molecule has 29 heavy (non-hydrogen) atoms. The lowest BCUT2D eigenvalue weighted by Gasteiger charge is -2.27. The van der Waals surface area contributed by atoms with Gasteiger partial charge in [-0.2, -0.15) is 4.31 Å². The number of ether oxygens (including phenoxy) is 1. The zero-order valence-corrected chi connectivity index (χ0v) is 18.5. The van der Waals surface area contributed by atoms with E-state index < -0.39 is 10.0 Å². The van der Waals surface area contributed by atoms with Gasteiger partial charge in [-0.1, -0.05) is 37.3 Å². The van der Waals surface area contributed by atoms with Crippen molar-refractivity contribution in [2.75, 3.05) is 45.2 Å². The molecule has 9 heteroatoms. The summed E-state index contributed by atoms with van der Waals surface area (Å²) in [6.07, 6.45) is 7.14. The van der Waals surface area contributed by atoms with Crippen LogP contribution in [-0.4, -0.2) is 69.5 Å². The molecular formula is C20H30ClN3O4S. The van der Waals surface area contributed by atoms with E-state index in [0.717, 1.165) is 12.8 Å². The van der Waals surface area contributed by atoms with Gasteiger partial charge in [0.15, 0.2) is 0 Å². The Bertz CT molecular complexity index is 804. The second-order valence-electron chi connectivity index (χ2n) is 7.77. The van der Waals surface area contributed by atoms with Gasteiger partial charge in [0.05, 0.1) is 35.4 Å². The van der Waals surface area contributed by atoms with Crippen LogP contribution < -0.4 is 5.32 Å². The number of morpholine rings is 1. The first kappa shape index (κ1) is 22.5. The Kier molecular flexibility index (Phi) is 7.92. The molecule has 1 saturated carbocycles. The molecule has 0 aromatic heterocycles. The Balaban J connectivity index is 1.67. The van der Waals surface area contributed by atoms with Crippen LogP contribution in [0.2, 0.25) is 5.02 Å². The largest absolute Gasteiger partial charge is 0.379 e. The van der Waals surface area contributed by atoms with Gasteiger partial charge in [0, 0.05) is 19.1 Å². The van der Waals surface area contributed by atoms with Gasteiger partial charge in [-0.05, 0) is 38.1 Å². The number of hydrogen-bond donors (Lipinski definition) is 1. The van der Waals surface area contributed by atoms with Crippen LogP contribution in [0.15, 0.2) is 23.1 Å². The molecule has 0 radical (unpaired) electrons. The smallest absolute Gasteiger partial charge is 0.243 e. The third-order valence-electron chi connectivity index (χ3n) is 5.66. The molecule has 2 aliphatic rings. The van der Waals surface area contributed by atoms with Crippen LogP contribution in [0.4, 0.5) is 5.69 Å². The monoisotopic (exact) mass is 443 g/mol. The number of halogens is 1. The summed E-state index contributed by atoms with van der Waals surface area (Å²) in [7, 11) is -1.68. The summed E-state index contributed by atoms with van der Waals surface area (Å²) in [5.41, 5.74) is 0.320. The number of likely N-dealkylation sites (N-methyl/N-ethyl adjacent to an activating group) is 1. The summed E-state index contributed by atoms with van der Waals surface area (Å²) in [4.78, 5) is 14.8. The van der Waals surface area contributed by atoms with Gasteiger partial charge < -0.3 is 10.1 Å². The number of benzene rings is 1. The Morgan fingerprint density at radius 3 is 2.52 bits per heavy atom. The van der Waals surface area contributed by atoms with Crippen LogP contribution in [-0.2, 0) is 19.6 Å². The number of nitrogens with zero attached hydrogens (tertiary/aromatic N) is 2. The molecule has 0 atom stereocenters. The fourth-order valence-corrected chi connectivity index (χ4v) is 5.54. The maximum atomic E-state index is 12.9. The van der Waals surface area contributed by atoms with Crippen molar-refractivity contribution in [2.45, 2.75) is 49.5 Å². The predicted octanol–water partition coefficient (Wildman–Crippen LogP) is 2.95. The summed E-state index contributed by atoms with van der Waals surface area (Å²) in [5, 5.41) is 3.11. The SMILES string of the molecule is CN(CC(=O)Nc1cc(S(=O)(=O)N2CCOCC2)ccc1Cl)C1CCCCCC1. The highest BCUT2D eigenvalue weighted by atomic mass is 35.5. The summed E-state index contributed by atoms with van der Waals surface area (Å²) >= 11 is 6.23. The second kappa shape index (κ2) is 10.2. The van der Waals surface area contributed by atoms with Crippen molar-refractivity contribution in [1.82, 2.24) is 9.21 Å². The van der Waals surface area contributed by atoms with Crippen molar-refractivity contribution >= 4 is 33.2 Å². The highest BCUT2D eigenvalue weighted by molar-refractivity contribution is 7.89. The zero-order chi connectivity index (χ0) is 20.9. The first-order valence-electron chi connectivity index (χ1n) is 10.3. The van der Waals surface area contributed by atoms with E-state index >= 15 is 0 Å². The van der Waals surface area contributed by atoms with E-state index in [-0.39, 0.29) is 17.3 Å². The third-order valence-corrected chi connectivity index (χ3v) is 7.89. The average Bonchev–Trinajstić information content (AvgIpc) is 3.00. The van der Waals surface area contributed by atoms with E-state index in [9.17, 15) is 13.2 Å². The van der Waals surface area contributed by atoms with Gasteiger partial charge in [0.25, 0.3) is 0 Å². The first-order chi connectivity index (χ1) is 13.9. The number of hydrogen-bond acceptors (Lipinski definition) is 5. The minimum Gasteiger partial charge on any atom is -0.379 e. The molecule has 3 rings (SSSR count). The molecule has 1 aromatic rings. The Morgan fingerprint density at radius 1 is 1.21 bits per heavy atom. The van der Waals surface area contributed by atoms with Crippen LogP contribution in [0, 0.1) is 0 Å². The summed E-state index contributed by atoms with van der Waals surface area (Å²) in [6.45, 7) is 1.65. The van der Waals surface area contributed by atoms with Gasteiger partial charge >= 0.3 is 0 Å². The Morgan fingerprint density at radius 2 is 1.86 bits per heavy atom. The number of anilines is 1. The number of carbonyl (C=O) groups is 1. The molecule has 162 valence electrons. The van der Waals surface area contributed by atoms with Crippen LogP contribution >= 0.6 is 11.6 Å². The summed E-state index contributed by atoms with van der Waals surface area (Å²) in [6, 6.07) is 4.84. The lowest BCUT2D eigenvalue weighted by Crippen LogP contribution is -2.40. The normalized spacial score (nSPS) is 19.8. The maximum absolute atomic E-state index is 12.9. The molecule has 1 heterocycles. The molecule has 0 bridgehead atoms. The molecule has 2 fully saturated rings. The van der Waals surface area contributed by atoms with Crippen LogP contribution in [0.5, 0.6) is 0 Å². The van der Waals surface area contributed by atoms with Gasteiger partial charge in [-0.25, -0.2) is 8.42 Å². The lowest BCUT2D eigenvalue weighted by atomic mass is 10.1. The topological polar surface area (TPSA) is 79.0 Å². The molecule has 1 aliphatic carbocycles. The Hall–Kier alpha value is -1.19. The quantitative estimate of drug-likeness (QED) is 0.684. The molecule has 7 nitrogen and oxygen atoms in total. The highest BCUT2D eigenvalue weighted by Crippen LogP contribution is 2.27. The molecule has 1 aliphatic heterocycles. The van der Waals surface area contributed by atoms with Crippen molar-refractivity contribution < 1.29 is 17.9 Å². The predicted molar refractivity (Wildman–Crippen MR) is 114 cm³/mol. The molecule has 1 saturated heterocycles. The van der Waals surface area contributed by atoms with E-state index in [0.29, 0.717) is 43.1 Å². The number of carbonyl (C=O) groups excluding carboxylic acids is 1. The molecule has 1 N–H and O–H groups in total. The minimum atomic E-state index is -3.65. The molecule has 0 spiro atoms. The molecule has 1 aromatic carbocycles. The fourth-order valence-electron chi connectivity index (χ4n) is 3.94. The second-order valence-corrected chi connectivity index (χ2v) is 10.1. The van der Waals surface area contributed by atoms with Crippen molar-refractivity contribution in [2.24, 2.45) is 0 Å². The van der Waals surface area contributed by atoms with Crippen LogP contribution in [0.25, 0.3) is 0 Å². The number of amides is 1. The zero-order valence-electron chi connectivity index (χ0n) is 16.9. The van der Waals surface area contributed by atoms with Crippen LogP contribution in [0.3, 0.4) is 0 Å². The molecule has 0 unspecified atom stereocenters. The number of sulfonamides is 1. The van der Waals surface area contributed by atoms with Crippen molar-refractivity contribution in [3.63, 3.8) is 0 Å². The average molecular weight is 444 g/mol. The highest BCUT2D eigenvalue weighted by Gasteiger charge is 2.27. The van der Waals surface area contributed by atoms with Gasteiger partial charge in [-0.3, -0.25) is 9.69 Å². The molecule has 1 amide bonds. The summed E-state index contributed by atoms with van der Waals surface area (Å²) in [5.74, 6) is -0.195. The number of rotatable bonds is 6. The van der Waals surface area contributed by atoms with Crippen molar-refractivity contribution in [1.29, 1.82) is 0 Å². The van der Waals surface area contributed by atoms with Gasteiger partial charge in [0.1, 0.15) is 0 Å². The third kappa shape index (κ3) is 5.92. The van der Waals surface area contributed by atoms with Crippen LogP contribution in [0.1, 0.15) is 38.5 Å². The standard InChI is InChI=1S/C20H30ClN3O4S/c1-23(16-6-4-2-3-5-7-16)15-20(25)22-19-14-17(8-9-18(19)21)29(26,27)24-10-12-28-13-11-24/h8-9,14,16H,2-7,10-13,15H2,1H3,(H,22,25). The van der Waals surface area contributed by atoms with Crippen molar-refractivity contribution in [3.8, 4) is 0 Å². The number of nitrogens with one attached hydrogen (secondary N) is 1. The summed E-state index contributed by atoms with van der Waals surface area (Å²) < 4.78 is 32.3. The van der Waals surface area contributed by atoms with E-state index in [1.54, 1.807) is 0 Å². The van der Waals surface area contributed by atoms with E-state index in [1.165, 1.54) is 48.2 Å². The van der Waals surface area contributed by atoms with E-state index in [2.05, 4.69) is 10.2 Å². The molecular weight excluding hydrogens is 414 g/mol. The maximum Gasteiger partial charge on any atom is 0.243 e. The minimum absolute atomic E-state index is 0.122. The lowest BCUT2D eigenvalue weighted by molar-refractivity contribution is -0.117. The van der Waals surface area contributed by atoms with Gasteiger partial charge in [-0.15, -0.1) is 0 Å². The van der Waals surface area contributed by atoms with Crippen molar-refractivity contribution in [3.05, 3.63) is 23.2 Å². The van der Waals surface area contributed by atoms with E-state index in [1.807, 2.05) is 7.05 Å². The van der Waals surface area contributed by atoms with E-state index in [4.69, 9.17) is 16.3 Å².